The molecule has 6 heteroatoms. The van der Waals surface area contributed by atoms with E-state index in [1.165, 1.54) is 24.2 Å². The standard InChI is InChI=1S/C13H17N5S/c1-2-18-5-3-4-9(18)8-17-13-10(6-14)12(16)11(7-15)19-13/h9,17H,2-5,8,16H2,1H3. The van der Waals surface area contributed by atoms with Gasteiger partial charge in [0.25, 0.3) is 0 Å². The van der Waals surface area contributed by atoms with Gasteiger partial charge in [-0.15, -0.1) is 11.3 Å². The Morgan fingerprint density at radius 1 is 1.47 bits per heavy atom. The maximum Gasteiger partial charge on any atom is 0.131 e. The number of nitrogens with one attached hydrogen (secondary N) is 1. The molecule has 0 radical (unpaired) electrons. The van der Waals surface area contributed by atoms with Crippen LogP contribution in [-0.4, -0.2) is 30.6 Å². The Labute approximate surface area is 117 Å². The Morgan fingerprint density at radius 2 is 2.26 bits per heavy atom. The zero-order valence-corrected chi connectivity index (χ0v) is 11.8. The lowest BCUT2D eigenvalue weighted by Gasteiger charge is -2.23. The van der Waals surface area contributed by atoms with E-state index in [9.17, 15) is 0 Å². The van der Waals surface area contributed by atoms with E-state index in [0.717, 1.165) is 24.6 Å². The van der Waals surface area contributed by atoms with Gasteiger partial charge in [0.05, 0.1) is 5.69 Å². The van der Waals surface area contributed by atoms with Crippen molar-refractivity contribution >= 4 is 22.0 Å². The summed E-state index contributed by atoms with van der Waals surface area (Å²) in [5, 5.41) is 22.1. The number of hydrogen-bond donors (Lipinski definition) is 2. The monoisotopic (exact) mass is 275 g/mol. The molecule has 1 saturated heterocycles. The third-order valence-corrected chi connectivity index (χ3v) is 4.63. The predicted molar refractivity (Wildman–Crippen MR) is 76.9 cm³/mol. The van der Waals surface area contributed by atoms with Crippen molar-refractivity contribution in [3.8, 4) is 12.1 Å². The molecule has 1 unspecified atom stereocenters. The molecular formula is C13H17N5S. The number of hydrogen-bond acceptors (Lipinski definition) is 6. The molecule has 1 aliphatic rings. The van der Waals surface area contributed by atoms with Gasteiger partial charge in [-0.05, 0) is 25.9 Å². The summed E-state index contributed by atoms with van der Waals surface area (Å²) in [4.78, 5) is 2.85. The molecule has 1 aromatic heterocycles. The van der Waals surface area contributed by atoms with Crippen LogP contribution in [0.5, 0.6) is 0 Å². The predicted octanol–water partition coefficient (Wildman–Crippen LogP) is 1.97. The van der Waals surface area contributed by atoms with Crippen LogP contribution in [-0.2, 0) is 0 Å². The van der Waals surface area contributed by atoms with Gasteiger partial charge in [0, 0.05) is 12.6 Å². The largest absolute Gasteiger partial charge is 0.396 e. The number of likely N-dealkylation sites (N-methyl/N-ethyl adjacent to an activating group) is 1. The summed E-state index contributed by atoms with van der Waals surface area (Å²) >= 11 is 1.26. The number of nitrogen functional groups attached to an aromatic ring is 1. The van der Waals surface area contributed by atoms with Gasteiger partial charge in [-0.3, -0.25) is 4.90 Å². The van der Waals surface area contributed by atoms with Crippen LogP contribution in [0.2, 0.25) is 0 Å². The van der Waals surface area contributed by atoms with E-state index in [1.54, 1.807) is 0 Å². The minimum Gasteiger partial charge on any atom is -0.396 e. The molecule has 3 N–H and O–H groups in total. The molecule has 1 aromatic rings. The summed E-state index contributed by atoms with van der Waals surface area (Å²) in [5.74, 6) is 0. The maximum atomic E-state index is 9.12. The van der Waals surface area contributed by atoms with E-state index in [2.05, 4.69) is 23.2 Å². The second-order valence-electron chi connectivity index (χ2n) is 4.58. The van der Waals surface area contributed by atoms with E-state index in [-0.39, 0.29) is 0 Å². The quantitative estimate of drug-likeness (QED) is 0.877. The van der Waals surface area contributed by atoms with E-state index >= 15 is 0 Å². The number of nitriles is 2. The summed E-state index contributed by atoms with van der Waals surface area (Å²) in [7, 11) is 0. The fraction of sp³-hybridized carbons (Fsp3) is 0.538. The normalized spacial score (nSPS) is 19.0. The van der Waals surface area contributed by atoms with Gasteiger partial charge in [0.2, 0.25) is 0 Å². The van der Waals surface area contributed by atoms with Crippen molar-refractivity contribution in [2.24, 2.45) is 0 Å². The molecule has 2 rings (SSSR count). The molecule has 0 bridgehead atoms. The third kappa shape index (κ3) is 2.65. The minimum absolute atomic E-state index is 0.302. The molecule has 0 aliphatic carbocycles. The average Bonchev–Trinajstić information content (AvgIpc) is 2.99. The van der Waals surface area contributed by atoms with Gasteiger partial charge in [-0.2, -0.15) is 10.5 Å². The van der Waals surface area contributed by atoms with Crippen molar-refractivity contribution in [1.29, 1.82) is 10.5 Å². The molecule has 19 heavy (non-hydrogen) atoms. The van der Waals surface area contributed by atoms with E-state index in [0.29, 0.717) is 22.2 Å². The van der Waals surface area contributed by atoms with E-state index in [1.807, 2.05) is 6.07 Å². The van der Waals surface area contributed by atoms with Crippen LogP contribution in [0.1, 0.15) is 30.2 Å². The van der Waals surface area contributed by atoms with Crippen LogP contribution >= 0.6 is 11.3 Å². The van der Waals surface area contributed by atoms with Crippen molar-refractivity contribution in [1.82, 2.24) is 4.90 Å². The Morgan fingerprint density at radius 3 is 2.89 bits per heavy atom. The van der Waals surface area contributed by atoms with Crippen LogP contribution in [0.3, 0.4) is 0 Å². The first-order valence-corrected chi connectivity index (χ1v) is 7.23. The molecule has 5 nitrogen and oxygen atoms in total. The number of anilines is 2. The molecule has 1 fully saturated rings. The van der Waals surface area contributed by atoms with Gasteiger partial charge in [-0.25, -0.2) is 0 Å². The first kappa shape index (κ1) is 13.7. The Hall–Kier alpha value is -1.76. The molecule has 0 aromatic carbocycles. The summed E-state index contributed by atoms with van der Waals surface area (Å²) in [6, 6.07) is 4.61. The molecule has 2 heterocycles. The smallest absolute Gasteiger partial charge is 0.131 e. The van der Waals surface area contributed by atoms with Gasteiger partial charge in [0.15, 0.2) is 0 Å². The Bertz CT molecular complexity index is 536. The highest BCUT2D eigenvalue weighted by atomic mass is 32.1. The topological polar surface area (TPSA) is 88.9 Å². The van der Waals surface area contributed by atoms with Gasteiger partial charge in [0.1, 0.15) is 27.6 Å². The number of likely N-dealkylation sites (tertiary alicyclic amines) is 1. The lowest BCUT2D eigenvalue weighted by atomic mass is 10.2. The zero-order chi connectivity index (χ0) is 13.8. The lowest BCUT2D eigenvalue weighted by Crippen LogP contribution is -2.34. The molecular weight excluding hydrogens is 258 g/mol. The van der Waals surface area contributed by atoms with Crippen LogP contribution in [0.25, 0.3) is 0 Å². The molecule has 0 amide bonds. The summed E-state index contributed by atoms with van der Waals surface area (Å²) < 4.78 is 0. The second kappa shape index (κ2) is 5.92. The Balaban J connectivity index is 2.08. The van der Waals surface area contributed by atoms with E-state index in [4.69, 9.17) is 16.3 Å². The highest BCUT2D eigenvalue weighted by Gasteiger charge is 2.23. The first-order valence-electron chi connectivity index (χ1n) is 6.41. The van der Waals surface area contributed by atoms with E-state index < -0.39 is 0 Å². The number of rotatable bonds is 4. The highest BCUT2D eigenvalue weighted by Crippen LogP contribution is 2.34. The van der Waals surface area contributed by atoms with Gasteiger partial charge in [-0.1, -0.05) is 6.92 Å². The van der Waals surface area contributed by atoms with Crippen LogP contribution in [0, 0.1) is 22.7 Å². The molecule has 100 valence electrons. The average molecular weight is 275 g/mol. The molecule has 1 aliphatic heterocycles. The van der Waals surface area contributed by atoms with Crippen molar-refractivity contribution in [2.45, 2.75) is 25.8 Å². The maximum absolute atomic E-state index is 9.12. The fourth-order valence-corrected chi connectivity index (χ4v) is 3.39. The van der Waals surface area contributed by atoms with Crippen LogP contribution in [0.4, 0.5) is 10.7 Å². The third-order valence-electron chi connectivity index (χ3n) is 3.56. The minimum atomic E-state index is 0.302. The van der Waals surface area contributed by atoms with Crippen molar-refractivity contribution < 1.29 is 0 Å². The SMILES string of the molecule is CCN1CCCC1CNc1sc(C#N)c(N)c1C#N. The molecule has 0 spiro atoms. The first-order chi connectivity index (χ1) is 9.21. The molecule has 1 atom stereocenters. The molecule has 0 saturated carbocycles. The zero-order valence-electron chi connectivity index (χ0n) is 10.9. The van der Waals surface area contributed by atoms with Crippen LogP contribution in [0.15, 0.2) is 0 Å². The second-order valence-corrected chi connectivity index (χ2v) is 5.60. The van der Waals surface area contributed by atoms with Crippen molar-refractivity contribution in [3.05, 3.63) is 10.4 Å². The fourth-order valence-electron chi connectivity index (χ4n) is 2.52. The lowest BCUT2D eigenvalue weighted by molar-refractivity contribution is 0.277. The number of thiophene rings is 1. The number of nitrogens with zero attached hydrogens (tertiary/aromatic N) is 3. The summed E-state index contributed by atoms with van der Waals surface area (Å²) in [6.07, 6.45) is 2.40. The Kier molecular flexibility index (Phi) is 4.26. The van der Waals surface area contributed by atoms with Crippen LogP contribution < -0.4 is 11.1 Å². The van der Waals surface area contributed by atoms with Crippen molar-refractivity contribution in [2.75, 3.05) is 30.7 Å². The summed E-state index contributed by atoms with van der Waals surface area (Å²) in [6.45, 7) is 5.15. The van der Waals surface area contributed by atoms with Crippen molar-refractivity contribution in [3.63, 3.8) is 0 Å². The van der Waals surface area contributed by atoms with Gasteiger partial charge >= 0.3 is 0 Å². The van der Waals surface area contributed by atoms with Gasteiger partial charge < -0.3 is 11.1 Å². The number of nitrogens with two attached hydrogens (primary N) is 1. The highest BCUT2D eigenvalue weighted by molar-refractivity contribution is 7.17. The summed E-state index contributed by atoms with van der Waals surface area (Å²) in [5.41, 5.74) is 6.48.